The molecular formula is C18H23NO4. The van der Waals surface area contributed by atoms with Crippen molar-refractivity contribution in [3.63, 3.8) is 0 Å². The molecule has 0 saturated carbocycles. The second-order valence-electron chi connectivity index (χ2n) is 7.72. The fraction of sp³-hybridized carbons (Fsp3) is 0.556. The van der Waals surface area contributed by atoms with Crippen LogP contribution in [0.2, 0.25) is 0 Å². The maximum Gasteiger partial charge on any atom is 0.410 e. The average molecular weight is 317 g/mol. The van der Waals surface area contributed by atoms with Crippen molar-refractivity contribution in [3.05, 3.63) is 34.4 Å². The highest BCUT2D eigenvalue weighted by atomic mass is 16.6. The number of cyclic esters (lactones) is 1. The van der Waals surface area contributed by atoms with Crippen molar-refractivity contribution >= 4 is 12.1 Å². The van der Waals surface area contributed by atoms with E-state index in [0.29, 0.717) is 18.7 Å². The quantitative estimate of drug-likeness (QED) is 0.688. The van der Waals surface area contributed by atoms with Crippen LogP contribution in [-0.2, 0) is 28.0 Å². The summed E-state index contributed by atoms with van der Waals surface area (Å²) in [6.45, 7) is 10.5. The maximum atomic E-state index is 12.2. The van der Waals surface area contributed by atoms with Crippen molar-refractivity contribution in [2.24, 2.45) is 0 Å². The van der Waals surface area contributed by atoms with E-state index in [1.807, 2.05) is 40.7 Å². The largest absolute Gasteiger partial charge is 0.451 e. The van der Waals surface area contributed by atoms with Crippen LogP contribution in [-0.4, -0.2) is 29.1 Å². The van der Waals surface area contributed by atoms with Gasteiger partial charge in [0, 0.05) is 18.7 Å². The van der Waals surface area contributed by atoms with Gasteiger partial charge in [-0.1, -0.05) is 6.07 Å². The molecule has 0 aliphatic carbocycles. The van der Waals surface area contributed by atoms with Crippen LogP contribution >= 0.6 is 0 Å². The summed E-state index contributed by atoms with van der Waals surface area (Å²) in [5.41, 5.74) is 2.63. The topological polar surface area (TPSA) is 55.8 Å². The maximum absolute atomic E-state index is 12.2. The van der Waals surface area contributed by atoms with Crippen LogP contribution in [0.5, 0.6) is 0 Å². The number of carbonyl (C=O) groups excluding carboxylic acids is 2. The van der Waals surface area contributed by atoms with E-state index in [-0.39, 0.29) is 12.1 Å². The lowest BCUT2D eigenvalue weighted by Crippen LogP contribution is -2.40. The summed E-state index contributed by atoms with van der Waals surface area (Å²) < 4.78 is 10.9. The van der Waals surface area contributed by atoms with Crippen molar-refractivity contribution in [1.82, 2.24) is 4.90 Å². The monoisotopic (exact) mass is 317 g/mol. The number of hydrogen-bond donors (Lipinski definition) is 0. The van der Waals surface area contributed by atoms with Gasteiger partial charge < -0.3 is 14.4 Å². The lowest BCUT2D eigenvalue weighted by Gasteiger charge is -2.31. The smallest absolute Gasteiger partial charge is 0.410 e. The van der Waals surface area contributed by atoms with Gasteiger partial charge in [0.15, 0.2) is 0 Å². The number of esters is 1. The fourth-order valence-corrected chi connectivity index (χ4v) is 3.10. The van der Waals surface area contributed by atoms with Gasteiger partial charge in [-0.25, -0.2) is 9.59 Å². The predicted octanol–water partition coefficient (Wildman–Crippen LogP) is 3.39. The van der Waals surface area contributed by atoms with Crippen LogP contribution in [0.1, 0.15) is 61.7 Å². The second kappa shape index (κ2) is 4.98. The molecule has 0 fully saturated rings. The van der Waals surface area contributed by atoms with Crippen LogP contribution in [0, 0.1) is 0 Å². The molecule has 0 bridgehead atoms. The number of rotatable bonds is 0. The standard InChI is InChI=1S/C18H23NO4/c1-17(2,3)23-16(21)19-7-6-11-9-14-13(8-12(11)10-19)15(20)22-18(14,4)5/h8-9H,6-7,10H2,1-5H3. The zero-order chi connectivity index (χ0) is 17.0. The van der Waals surface area contributed by atoms with E-state index < -0.39 is 11.2 Å². The third kappa shape index (κ3) is 2.92. The number of nitrogens with zero attached hydrogens (tertiary/aromatic N) is 1. The highest BCUT2D eigenvalue weighted by Crippen LogP contribution is 2.38. The SMILES string of the molecule is CC(C)(C)OC(=O)N1CCc2cc3c(cc2C1)C(=O)OC3(C)C. The summed E-state index contributed by atoms with van der Waals surface area (Å²) in [4.78, 5) is 26.0. The molecule has 1 amide bonds. The number of benzene rings is 1. The molecule has 124 valence electrons. The zero-order valence-electron chi connectivity index (χ0n) is 14.4. The lowest BCUT2D eigenvalue weighted by molar-refractivity contribution is 0.00940. The Balaban J connectivity index is 1.87. The summed E-state index contributed by atoms with van der Waals surface area (Å²) in [7, 11) is 0. The third-order valence-electron chi connectivity index (χ3n) is 4.22. The van der Waals surface area contributed by atoms with Gasteiger partial charge in [-0.2, -0.15) is 0 Å². The molecule has 1 aromatic carbocycles. The van der Waals surface area contributed by atoms with Crippen molar-refractivity contribution in [2.45, 2.75) is 58.8 Å². The van der Waals surface area contributed by atoms with Crippen LogP contribution in [0.25, 0.3) is 0 Å². The molecule has 0 aromatic heterocycles. The Labute approximate surface area is 136 Å². The first kappa shape index (κ1) is 15.8. The summed E-state index contributed by atoms with van der Waals surface area (Å²) in [5.74, 6) is -0.290. The van der Waals surface area contributed by atoms with Gasteiger partial charge in [0.2, 0.25) is 0 Å². The average Bonchev–Trinajstić information content (AvgIpc) is 2.64. The Hall–Kier alpha value is -2.04. The summed E-state index contributed by atoms with van der Waals surface area (Å²) in [6, 6.07) is 3.93. The van der Waals surface area contributed by atoms with E-state index >= 15 is 0 Å². The molecule has 2 aliphatic rings. The normalized spacial score (nSPS) is 19.0. The minimum absolute atomic E-state index is 0.290. The van der Waals surface area contributed by atoms with Gasteiger partial charge in [-0.05, 0) is 58.2 Å². The Morgan fingerprint density at radius 1 is 1.26 bits per heavy atom. The van der Waals surface area contributed by atoms with Gasteiger partial charge >= 0.3 is 12.1 Å². The minimum atomic E-state index is -0.580. The van der Waals surface area contributed by atoms with Crippen LogP contribution < -0.4 is 0 Å². The molecule has 0 spiro atoms. The molecule has 0 atom stereocenters. The Morgan fingerprint density at radius 3 is 2.61 bits per heavy atom. The lowest BCUT2D eigenvalue weighted by atomic mass is 9.89. The Bertz CT molecular complexity index is 685. The molecule has 2 aliphatic heterocycles. The molecule has 0 radical (unpaired) electrons. The van der Waals surface area contributed by atoms with Gasteiger partial charge in [0.25, 0.3) is 0 Å². The van der Waals surface area contributed by atoms with Crippen molar-refractivity contribution in [1.29, 1.82) is 0 Å². The van der Waals surface area contributed by atoms with Crippen molar-refractivity contribution in [2.75, 3.05) is 6.54 Å². The van der Waals surface area contributed by atoms with E-state index in [0.717, 1.165) is 17.5 Å². The van der Waals surface area contributed by atoms with E-state index in [2.05, 4.69) is 6.07 Å². The fourth-order valence-electron chi connectivity index (χ4n) is 3.10. The molecule has 5 heteroatoms. The molecule has 1 aromatic rings. The van der Waals surface area contributed by atoms with Crippen LogP contribution in [0.3, 0.4) is 0 Å². The molecule has 2 heterocycles. The molecular weight excluding hydrogens is 294 g/mol. The first-order valence-corrected chi connectivity index (χ1v) is 7.94. The Morgan fingerprint density at radius 2 is 1.96 bits per heavy atom. The molecule has 0 saturated heterocycles. The number of hydrogen-bond acceptors (Lipinski definition) is 4. The van der Waals surface area contributed by atoms with E-state index in [1.54, 1.807) is 4.90 Å². The van der Waals surface area contributed by atoms with Gasteiger partial charge in [-0.15, -0.1) is 0 Å². The van der Waals surface area contributed by atoms with E-state index in [1.165, 1.54) is 5.56 Å². The molecule has 23 heavy (non-hydrogen) atoms. The number of carbonyl (C=O) groups is 2. The van der Waals surface area contributed by atoms with Crippen LogP contribution in [0.15, 0.2) is 12.1 Å². The summed E-state index contributed by atoms with van der Waals surface area (Å²) in [6.07, 6.45) is 0.443. The molecule has 5 nitrogen and oxygen atoms in total. The van der Waals surface area contributed by atoms with E-state index in [4.69, 9.17) is 9.47 Å². The summed E-state index contributed by atoms with van der Waals surface area (Å²) in [5, 5.41) is 0. The van der Waals surface area contributed by atoms with Crippen molar-refractivity contribution < 1.29 is 19.1 Å². The Kier molecular flexibility index (Phi) is 3.43. The van der Waals surface area contributed by atoms with Gasteiger partial charge in [0.05, 0.1) is 5.56 Å². The van der Waals surface area contributed by atoms with E-state index in [9.17, 15) is 9.59 Å². The molecule has 3 rings (SSSR count). The van der Waals surface area contributed by atoms with Crippen molar-refractivity contribution in [3.8, 4) is 0 Å². The minimum Gasteiger partial charge on any atom is -0.451 e. The highest BCUT2D eigenvalue weighted by molar-refractivity contribution is 5.95. The van der Waals surface area contributed by atoms with Crippen LogP contribution in [0.4, 0.5) is 4.79 Å². The number of ether oxygens (including phenoxy) is 2. The first-order chi connectivity index (χ1) is 10.6. The number of fused-ring (bicyclic) bond motifs is 2. The highest BCUT2D eigenvalue weighted by Gasteiger charge is 2.39. The predicted molar refractivity (Wildman–Crippen MR) is 85.2 cm³/mol. The third-order valence-corrected chi connectivity index (χ3v) is 4.22. The second-order valence-corrected chi connectivity index (χ2v) is 7.72. The molecule has 0 unspecified atom stereocenters. The zero-order valence-corrected chi connectivity index (χ0v) is 14.4. The van der Waals surface area contributed by atoms with Gasteiger partial charge in [0.1, 0.15) is 11.2 Å². The number of amides is 1. The first-order valence-electron chi connectivity index (χ1n) is 7.94. The van der Waals surface area contributed by atoms with Gasteiger partial charge in [-0.3, -0.25) is 0 Å². The summed E-state index contributed by atoms with van der Waals surface area (Å²) >= 11 is 0. The molecule has 0 N–H and O–H groups in total.